The van der Waals surface area contributed by atoms with Crippen LogP contribution in [0.5, 0.6) is 0 Å². The molecule has 0 bridgehead atoms. The van der Waals surface area contributed by atoms with Crippen LogP contribution in [0.2, 0.25) is 0 Å². The van der Waals surface area contributed by atoms with Gasteiger partial charge in [0.1, 0.15) is 0 Å². The highest BCUT2D eigenvalue weighted by Gasteiger charge is 2.20. The topological polar surface area (TPSA) is 97.1 Å². The van der Waals surface area contributed by atoms with Crippen LogP contribution >= 0.6 is 11.3 Å². The second-order valence-electron chi connectivity index (χ2n) is 4.44. The molecule has 21 heavy (non-hydrogen) atoms. The lowest BCUT2D eigenvalue weighted by Crippen LogP contribution is -2.25. The minimum absolute atomic E-state index is 0.0130. The number of thiophene rings is 1. The standard InChI is InChI=1S/C12H18N4O3S2/c1-3-5-13-7-10-11(4-6-20-10)21(17,18)14-8-12-15-9(2)16-19-12/h4,6,13-14H,3,5,7-8H2,1-2H3. The van der Waals surface area contributed by atoms with E-state index in [4.69, 9.17) is 4.52 Å². The monoisotopic (exact) mass is 330 g/mol. The molecule has 0 aliphatic rings. The first-order valence-corrected chi connectivity index (χ1v) is 8.95. The second-order valence-corrected chi connectivity index (χ2v) is 7.18. The fourth-order valence-corrected chi connectivity index (χ4v) is 4.11. The van der Waals surface area contributed by atoms with Crippen LogP contribution in [0.4, 0.5) is 0 Å². The van der Waals surface area contributed by atoms with E-state index in [0.29, 0.717) is 17.3 Å². The summed E-state index contributed by atoms with van der Waals surface area (Å²) in [7, 11) is -3.58. The predicted molar refractivity (Wildman–Crippen MR) is 79.4 cm³/mol. The van der Waals surface area contributed by atoms with E-state index in [2.05, 4.69) is 27.1 Å². The second kappa shape index (κ2) is 7.12. The molecule has 0 saturated carbocycles. The van der Waals surface area contributed by atoms with Gasteiger partial charge >= 0.3 is 0 Å². The molecule has 2 rings (SSSR count). The minimum Gasteiger partial charge on any atom is -0.338 e. The number of hydrogen-bond donors (Lipinski definition) is 2. The lowest BCUT2D eigenvalue weighted by molar-refractivity contribution is 0.372. The molecule has 0 amide bonds. The van der Waals surface area contributed by atoms with Crippen molar-refractivity contribution in [3.63, 3.8) is 0 Å². The van der Waals surface area contributed by atoms with E-state index in [0.717, 1.165) is 17.8 Å². The number of rotatable bonds is 8. The summed E-state index contributed by atoms with van der Waals surface area (Å²) in [6, 6.07) is 1.61. The third kappa shape index (κ3) is 4.34. The molecular formula is C12H18N4O3S2. The summed E-state index contributed by atoms with van der Waals surface area (Å²) in [6.07, 6.45) is 1.00. The van der Waals surface area contributed by atoms with E-state index in [9.17, 15) is 8.42 Å². The van der Waals surface area contributed by atoms with E-state index in [1.54, 1.807) is 18.4 Å². The third-order valence-electron chi connectivity index (χ3n) is 2.69. The molecule has 0 unspecified atom stereocenters. The number of sulfonamides is 1. The Kier molecular flexibility index (Phi) is 5.45. The lowest BCUT2D eigenvalue weighted by atomic mass is 10.4. The molecule has 0 saturated heterocycles. The number of aromatic nitrogens is 2. The van der Waals surface area contributed by atoms with E-state index in [1.165, 1.54) is 11.3 Å². The third-order valence-corrected chi connectivity index (χ3v) is 5.23. The fraction of sp³-hybridized carbons (Fsp3) is 0.500. The van der Waals surface area contributed by atoms with E-state index < -0.39 is 10.0 Å². The summed E-state index contributed by atoms with van der Waals surface area (Å²) in [4.78, 5) is 5.05. The van der Waals surface area contributed by atoms with Crippen molar-refractivity contribution in [2.75, 3.05) is 6.54 Å². The first kappa shape index (κ1) is 16.1. The van der Waals surface area contributed by atoms with Gasteiger partial charge in [0.25, 0.3) is 0 Å². The van der Waals surface area contributed by atoms with Gasteiger partial charge in [0.05, 0.1) is 11.4 Å². The Hall–Kier alpha value is -1.29. The molecule has 2 aromatic heterocycles. The van der Waals surface area contributed by atoms with Gasteiger partial charge in [-0.2, -0.15) is 4.98 Å². The van der Waals surface area contributed by atoms with Crippen molar-refractivity contribution >= 4 is 21.4 Å². The summed E-state index contributed by atoms with van der Waals surface area (Å²) >= 11 is 1.42. The highest BCUT2D eigenvalue weighted by molar-refractivity contribution is 7.89. The molecule has 2 aromatic rings. The van der Waals surface area contributed by atoms with Gasteiger partial charge in [-0.25, -0.2) is 13.1 Å². The number of hydrogen-bond acceptors (Lipinski definition) is 7. The first-order chi connectivity index (χ1) is 10.0. The Labute approximate surface area is 127 Å². The van der Waals surface area contributed by atoms with Gasteiger partial charge in [-0.15, -0.1) is 11.3 Å². The molecule has 116 valence electrons. The summed E-state index contributed by atoms with van der Waals surface area (Å²) in [5.74, 6) is 0.723. The molecular weight excluding hydrogens is 312 g/mol. The SMILES string of the molecule is CCCNCc1sccc1S(=O)(=O)NCc1nc(C)no1. The zero-order chi connectivity index (χ0) is 15.3. The Bertz CT molecular complexity index is 678. The quantitative estimate of drug-likeness (QED) is 0.711. The number of aryl methyl sites for hydroxylation is 1. The average Bonchev–Trinajstić information content (AvgIpc) is 3.06. The van der Waals surface area contributed by atoms with E-state index >= 15 is 0 Å². The lowest BCUT2D eigenvalue weighted by Gasteiger charge is -2.07. The maximum absolute atomic E-state index is 12.3. The van der Waals surface area contributed by atoms with Crippen molar-refractivity contribution < 1.29 is 12.9 Å². The average molecular weight is 330 g/mol. The molecule has 0 fully saturated rings. The van der Waals surface area contributed by atoms with Gasteiger partial charge in [-0.3, -0.25) is 0 Å². The van der Waals surface area contributed by atoms with Crippen LogP contribution in [0.25, 0.3) is 0 Å². The van der Waals surface area contributed by atoms with Crippen LogP contribution in [-0.2, 0) is 23.1 Å². The van der Waals surface area contributed by atoms with Crippen LogP contribution in [0.15, 0.2) is 20.9 Å². The van der Waals surface area contributed by atoms with Crippen LogP contribution < -0.4 is 10.0 Å². The summed E-state index contributed by atoms with van der Waals surface area (Å²) in [6.45, 7) is 5.12. The van der Waals surface area contributed by atoms with Gasteiger partial charge in [-0.05, 0) is 31.3 Å². The molecule has 0 aliphatic carbocycles. The molecule has 7 nitrogen and oxygen atoms in total. The molecule has 2 N–H and O–H groups in total. The Morgan fingerprint density at radius 2 is 2.19 bits per heavy atom. The smallest absolute Gasteiger partial charge is 0.242 e. The summed E-state index contributed by atoms with van der Waals surface area (Å²) in [5, 5.41) is 8.60. The normalized spacial score (nSPS) is 11.9. The van der Waals surface area contributed by atoms with Crippen LogP contribution in [0.3, 0.4) is 0 Å². The zero-order valence-corrected chi connectivity index (χ0v) is 13.6. The molecule has 0 aliphatic heterocycles. The maximum atomic E-state index is 12.3. The highest BCUT2D eigenvalue weighted by atomic mass is 32.2. The van der Waals surface area contributed by atoms with E-state index in [-0.39, 0.29) is 12.4 Å². The summed E-state index contributed by atoms with van der Waals surface area (Å²) < 4.78 is 32.0. The van der Waals surface area contributed by atoms with Gasteiger partial charge in [0.2, 0.25) is 15.9 Å². The molecule has 0 radical (unpaired) electrons. The fourth-order valence-electron chi connectivity index (χ4n) is 1.72. The zero-order valence-electron chi connectivity index (χ0n) is 11.9. The number of nitrogens with zero attached hydrogens (tertiary/aromatic N) is 2. The van der Waals surface area contributed by atoms with Crippen molar-refractivity contribution in [1.82, 2.24) is 20.2 Å². The van der Waals surface area contributed by atoms with Crippen molar-refractivity contribution in [1.29, 1.82) is 0 Å². The Morgan fingerprint density at radius 3 is 2.86 bits per heavy atom. The molecule has 0 spiro atoms. The Balaban J connectivity index is 2.03. The van der Waals surface area contributed by atoms with Gasteiger partial charge in [0.15, 0.2) is 5.82 Å². The number of nitrogens with one attached hydrogen (secondary N) is 2. The van der Waals surface area contributed by atoms with Crippen molar-refractivity contribution in [2.24, 2.45) is 0 Å². The largest absolute Gasteiger partial charge is 0.338 e. The van der Waals surface area contributed by atoms with Crippen molar-refractivity contribution in [3.8, 4) is 0 Å². The van der Waals surface area contributed by atoms with Gasteiger partial charge in [0, 0.05) is 11.4 Å². The van der Waals surface area contributed by atoms with Crippen LogP contribution in [-0.4, -0.2) is 25.1 Å². The van der Waals surface area contributed by atoms with E-state index in [1.807, 2.05) is 0 Å². The molecule has 9 heteroatoms. The molecule has 0 aromatic carbocycles. The molecule has 2 heterocycles. The minimum atomic E-state index is -3.58. The predicted octanol–water partition coefficient (Wildman–Crippen LogP) is 1.42. The van der Waals surface area contributed by atoms with Crippen molar-refractivity contribution in [2.45, 2.75) is 38.3 Å². The summed E-state index contributed by atoms with van der Waals surface area (Å²) in [5.41, 5.74) is 0. The maximum Gasteiger partial charge on any atom is 0.242 e. The molecule has 0 atom stereocenters. The van der Waals surface area contributed by atoms with Crippen molar-refractivity contribution in [3.05, 3.63) is 28.0 Å². The first-order valence-electron chi connectivity index (χ1n) is 6.59. The van der Waals surface area contributed by atoms with Gasteiger partial charge < -0.3 is 9.84 Å². The Morgan fingerprint density at radius 1 is 1.38 bits per heavy atom. The van der Waals surface area contributed by atoms with Crippen LogP contribution in [0, 0.1) is 6.92 Å². The van der Waals surface area contributed by atoms with Crippen LogP contribution in [0.1, 0.15) is 29.9 Å². The van der Waals surface area contributed by atoms with Gasteiger partial charge in [-0.1, -0.05) is 12.1 Å². The highest BCUT2D eigenvalue weighted by Crippen LogP contribution is 2.21.